The molecule has 1 atom stereocenters. The lowest BCUT2D eigenvalue weighted by Gasteiger charge is -2.22. The first kappa shape index (κ1) is 21.4. The number of nitrogens with zero attached hydrogens (tertiary/aromatic N) is 3. The van der Waals surface area contributed by atoms with Gasteiger partial charge < -0.3 is 18.9 Å². The summed E-state index contributed by atoms with van der Waals surface area (Å²) in [6, 6.07) is 21.2. The number of hydrogen-bond acceptors (Lipinski definition) is 6. The SMILES string of the molecule is CCC(Oc1ccc2ccccc2c1)C(=O)N(C)Cc1nc(-c2ccc(OC)cc2)no1. The zero-order valence-electron chi connectivity index (χ0n) is 18.3. The molecule has 7 nitrogen and oxygen atoms in total. The fourth-order valence-electron chi connectivity index (χ4n) is 3.42. The van der Waals surface area contributed by atoms with Gasteiger partial charge in [0.05, 0.1) is 13.7 Å². The van der Waals surface area contributed by atoms with Crippen LogP contribution in [0.5, 0.6) is 11.5 Å². The van der Waals surface area contributed by atoms with Crippen LogP contribution in [0, 0.1) is 0 Å². The van der Waals surface area contributed by atoms with E-state index in [0.717, 1.165) is 22.1 Å². The minimum Gasteiger partial charge on any atom is -0.497 e. The molecule has 1 amide bonds. The van der Waals surface area contributed by atoms with Crippen LogP contribution in [-0.2, 0) is 11.3 Å². The molecular weight excluding hydrogens is 406 g/mol. The Balaban J connectivity index is 1.41. The third-order valence-electron chi connectivity index (χ3n) is 5.21. The zero-order chi connectivity index (χ0) is 22.5. The highest BCUT2D eigenvalue weighted by Gasteiger charge is 2.24. The lowest BCUT2D eigenvalue weighted by Crippen LogP contribution is -2.39. The molecule has 1 aromatic heterocycles. The minimum absolute atomic E-state index is 0.148. The Bertz CT molecular complexity index is 1200. The maximum atomic E-state index is 13.0. The average molecular weight is 431 g/mol. The highest BCUT2D eigenvalue weighted by Crippen LogP contribution is 2.23. The normalized spacial score (nSPS) is 11.8. The van der Waals surface area contributed by atoms with Crippen molar-refractivity contribution < 1.29 is 18.8 Å². The molecule has 4 rings (SSSR count). The molecule has 164 valence electrons. The van der Waals surface area contributed by atoms with Crippen LogP contribution in [-0.4, -0.2) is 41.2 Å². The first-order chi connectivity index (χ1) is 15.6. The number of rotatable bonds is 8. The number of ether oxygens (including phenoxy) is 2. The van der Waals surface area contributed by atoms with Crippen molar-refractivity contribution in [3.8, 4) is 22.9 Å². The van der Waals surface area contributed by atoms with Gasteiger partial charge in [-0.15, -0.1) is 0 Å². The molecule has 32 heavy (non-hydrogen) atoms. The Hall–Kier alpha value is -3.87. The average Bonchev–Trinajstić information content (AvgIpc) is 3.30. The minimum atomic E-state index is -0.606. The highest BCUT2D eigenvalue weighted by atomic mass is 16.5. The van der Waals surface area contributed by atoms with E-state index < -0.39 is 6.10 Å². The first-order valence-corrected chi connectivity index (χ1v) is 10.4. The lowest BCUT2D eigenvalue weighted by molar-refractivity contribution is -0.138. The van der Waals surface area contributed by atoms with Gasteiger partial charge in [0.1, 0.15) is 11.5 Å². The fraction of sp³-hybridized carbons (Fsp3) is 0.240. The number of likely N-dealkylation sites (N-methyl/N-ethyl adjacent to an activating group) is 1. The standard InChI is InChI=1S/C25H25N3O4/c1-4-22(31-21-14-9-17-7-5-6-8-19(17)15-21)25(29)28(2)16-23-26-24(27-32-23)18-10-12-20(30-3)13-11-18/h5-15,22H,4,16H2,1-3H3. The van der Waals surface area contributed by atoms with Gasteiger partial charge in [-0.3, -0.25) is 4.79 Å². The topological polar surface area (TPSA) is 77.7 Å². The van der Waals surface area contributed by atoms with Gasteiger partial charge in [-0.25, -0.2) is 0 Å². The molecule has 0 saturated carbocycles. The van der Waals surface area contributed by atoms with E-state index in [1.165, 1.54) is 0 Å². The zero-order valence-corrected chi connectivity index (χ0v) is 18.3. The molecular formula is C25H25N3O4. The van der Waals surface area contributed by atoms with E-state index in [1.54, 1.807) is 19.1 Å². The molecule has 0 bridgehead atoms. The van der Waals surface area contributed by atoms with Crippen molar-refractivity contribution >= 4 is 16.7 Å². The monoisotopic (exact) mass is 431 g/mol. The Kier molecular flexibility index (Phi) is 6.35. The predicted octanol–water partition coefficient (Wildman–Crippen LogP) is 4.71. The van der Waals surface area contributed by atoms with E-state index in [0.29, 0.717) is 23.9 Å². The van der Waals surface area contributed by atoms with Gasteiger partial charge >= 0.3 is 0 Å². The number of aromatic nitrogens is 2. The van der Waals surface area contributed by atoms with Gasteiger partial charge in [-0.1, -0.05) is 42.4 Å². The summed E-state index contributed by atoms with van der Waals surface area (Å²) >= 11 is 0. The van der Waals surface area contributed by atoms with Crippen LogP contribution in [0.4, 0.5) is 0 Å². The molecule has 0 aliphatic heterocycles. The molecule has 0 radical (unpaired) electrons. The van der Waals surface area contributed by atoms with Gasteiger partial charge in [0.15, 0.2) is 6.10 Å². The molecule has 0 N–H and O–H groups in total. The van der Waals surface area contributed by atoms with Crippen molar-refractivity contribution in [2.24, 2.45) is 0 Å². The summed E-state index contributed by atoms with van der Waals surface area (Å²) in [6.07, 6.45) is -0.0677. The van der Waals surface area contributed by atoms with Gasteiger partial charge in [0.25, 0.3) is 5.91 Å². The summed E-state index contributed by atoms with van der Waals surface area (Å²) in [5, 5.41) is 6.21. The Morgan fingerprint density at radius 2 is 1.75 bits per heavy atom. The molecule has 4 aromatic rings. The summed E-state index contributed by atoms with van der Waals surface area (Å²) in [5.74, 6) is 2.08. The molecule has 3 aromatic carbocycles. The van der Waals surface area contributed by atoms with Gasteiger partial charge in [-0.2, -0.15) is 4.98 Å². The van der Waals surface area contributed by atoms with Crippen LogP contribution in [0.1, 0.15) is 19.2 Å². The largest absolute Gasteiger partial charge is 0.497 e. The number of benzene rings is 3. The number of carbonyl (C=O) groups excluding carboxylic acids is 1. The Morgan fingerprint density at radius 1 is 1.03 bits per heavy atom. The van der Waals surface area contributed by atoms with Crippen LogP contribution < -0.4 is 9.47 Å². The van der Waals surface area contributed by atoms with Gasteiger partial charge in [-0.05, 0) is 53.6 Å². The van der Waals surface area contributed by atoms with Crippen molar-refractivity contribution in [2.75, 3.05) is 14.2 Å². The second-order valence-electron chi connectivity index (χ2n) is 7.46. The smallest absolute Gasteiger partial charge is 0.263 e. The van der Waals surface area contributed by atoms with Crippen molar-refractivity contribution in [2.45, 2.75) is 26.0 Å². The number of carbonyl (C=O) groups is 1. The third-order valence-corrected chi connectivity index (χ3v) is 5.21. The summed E-state index contributed by atoms with van der Waals surface area (Å²) in [5.41, 5.74) is 0.806. The summed E-state index contributed by atoms with van der Waals surface area (Å²) in [4.78, 5) is 18.9. The van der Waals surface area contributed by atoms with Crippen LogP contribution in [0.3, 0.4) is 0 Å². The van der Waals surface area contributed by atoms with Gasteiger partial charge in [0, 0.05) is 12.6 Å². The van der Waals surface area contributed by atoms with E-state index in [9.17, 15) is 4.79 Å². The van der Waals surface area contributed by atoms with Crippen LogP contribution >= 0.6 is 0 Å². The summed E-state index contributed by atoms with van der Waals surface area (Å²) in [7, 11) is 3.31. The highest BCUT2D eigenvalue weighted by molar-refractivity contribution is 5.84. The molecule has 0 spiro atoms. The van der Waals surface area contributed by atoms with Crippen molar-refractivity contribution in [3.05, 3.63) is 72.6 Å². The molecule has 0 fully saturated rings. The Morgan fingerprint density at radius 3 is 2.47 bits per heavy atom. The first-order valence-electron chi connectivity index (χ1n) is 10.4. The molecule has 0 aliphatic rings. The maximum Gasteiger partial charge on any atom is 0.263 e. The van der Waals surface area contributed by atoms with E-state index >= 15 is 0 Å². The molecule has 1 unspecified atom stereocenters. The van der Waals surface area contributed by atoms with E-state index in [-0.39, 0.29) is 12.5 Å². The predicted molar refractivity (Wildman–Crippen MR) is 121 cm³/mol. The van der Waals surface area contributed by atoms with Crippen molar-refractivity contribution in [1.29, 1.82) is 0 Å². The van der Waals surface area contributed by atoms with E-state index in [2.05, 4.69) is 10.1 Å². The second kappa shape index (κ2) is 9.51. The molecule has 1 heterocycles. The Labute approximate surface area is 186 Å². The quantitative estimate of drug-likeness (QED) is 0.402. The number of methoxy groups -OCH3 is 1. The lowest BCUT2D eigenvalue weighted by atomic mass is 10.1. The number of fused-ring (bicyclic) bond motifs is 1. The van der Waals surface area contributed by atoms with E-state index in [1.807, 2.05) is 73.7 Å². The van der Waals surface area contributed by atoms with Crippen LogP contribution in [0.15, 0.2) is 71.3 Å². The van der Waals surface area contributed by atoms with Crippen molar-refractivity contribution in [3.63, 3.8) is 0 Å². The summed E-state index contributed by atoms with van der Waals surface area (Å²) < 4.78 is 16.5. The second-order valence-corrected chi connectivity index (χ2v) is 7.46. The third kappa shape index (κ3) is 4.72. The van der Waals surface area contributed by atoms with Crippen LogP contribution in [0.25, 0.3) is 22.2 Å². The fourth-order valence-corrected chi connectivity index (χ4v) is 3.42. The van der Waals surface area contributed by atoms with Gasteiger partial charge in [0.2, 0.25) is 11.7 Å². The molecule has 0 saturated heterocycles. The molecule has 0 aliphatic carbocycles. The van der Waals surface area contributed by atoms with Crippen molar-refractivity contribution in [1.82, 2.24) is 15.0 Å². The maximum absolute atomic E-state index is 13.0. The number of hydrogen-bond donors (Lipinski definition) is 0. The van der Waals surface area contributed by atoms with Crippen LogP contribution in [0.2, 0.25) is 0 Å². The number of amides is 1. The summed E-state index contributed by atoms with van der Waals surface area (Å²) in [6.45, 7) is 2.12. The molecule has 7 heteroatoms. The van der Waals surface area contributed by atoms with E-state index in [4.69, 9.17) is 14.0 Å².